The minimum Gasteiger partial charge on any atom is -0.497 e. The molecular weight excluding hydrogens is 252 g/mol. The zero-order valence-electron chi connectivity index (χ0n) is 12.3. The summed E-state index contributed by atoms with van der Waals surface area (Å²) in [5.74, 6) is 3.04. The standard InChI is InChI=1S/C17H24O3/c1-11-3-5-12(6-4-11)17-10-15(18)14-9-13(19-2)7-8-16(14)20-17/h7-9,11-12,15,17-18H,3-6,10H2,1-2H3/t11?,12?,15-,17?/m1/s1. The molecule has 2 atom stereocenters. The van der Waals surface area contributed by atoms with Crippen molar-refractivity contribution in [1.29, 1.82) is 0 Å². The van der Waals surface area contributed by atoms with Crippen molar-refractivity contribution < 1.29 is 14.6 Å². The molecule has 0 aromatic heterocycles. The summed E-state index contributed by atoms with van der Waals surface area (Å²) in [6, 6.07) is 5.71. The van der Waals surface area contributed by atoms with E-state index in [1.165, 1.54) is 25.7 Å². The molecule has 1 unspecified atom stereocenters. The molecule has 1 N–H and O–H groups in total. The smallest absolute Gasteiger partial charge is 0.125 e. The monoisotopic (exact) mass is 276 g/mol. The molecule has 3 rings (SSSR count). The van der Waals surface area contributed by atoms with Crippen LogP contribution >= 0.6 is 0 Å². The summed E-state index contributed by atoms with van der Waals surface area (Å²) in [7, 11) is 1.64. The fourth-order valence-electron chi connectivity index (χ4n) is 3.53. The van der Waals surface area contributed by atoms with E-state index in [1.54, 1.807) is 7.11 Å². The molecule has 1 saturated carbocycles. The largest absolute Gasteiger partial charge is 0.497 e. The van der Waals surface area contributed by atoms with Gasteiger partial charge in [-0.05, 0) is 42.9 Å². The molecule has 0 spiro atoms. The highest BCUT2D eigenvalue weighted by atomic mass is 16.5. The fourth-order valence-corrected chi connectivity index (χ4v) is 3.53. The molecule has 1 aliphatic heterocycles. The van der Waals surface area contributed by atoms with Crippen LogP contribution in [0.25, 0.3) is 0 Å². The predicted octanol–water partition coefficient (Wildman–Crippen LogP) is 3.71. The summed E-state index contributed by atoms with van der Waals surface area (Å²) in [5, 5.41) is 10.4. The van der Waals surface area contributed by atoms with Gasteiger partial charge in [-0.3, -0.25) is 0 Å². The second kappa shape index (κ2) is 5.65. The van der Waals surface area contributed by atoms with Crippen LogP contribution < -0.4 is 9.47 Å². The van der Waals surface area contributed by atoms with Crippen molar-refractivity contribution in [2.24, 2.45) is 11.8 Å². The van der Waals surface area contributed by atoms with E-state index in [1.807, 2.05) is 18.2 Å². The zero-order chi connectivity index (χ0) is 14.1. The first-order chi connectivity index (χ1) is 9.67. The second-order valence-electron chi connectivity index (χ2n) is 6.33. The topological polar surface area (TPSA) is 38.7 Å². The van der Waals surface area contributed by atoms with Gasteiger partial charge in [-0.1, -0.05) is 19.8 Å². The van der Waals surface area contributed by atoms with Gasteiger partial charge in [0.05, 0.1) is 13.2 Å². The van der Waals surface area contributed by atoms with Crippen molar-refractivity contribution in [2.45, 2.75) is 51.2 Å². The molecule has 0 radical (unpaired) electrons. The molecule has 3 heteroatoms. The molecule has 1 aromatic rings. The highest BCUT2D eigenvalue weighted by molar-refractivity contribution is 5.43. The van der Waals surface area contributed by atoms with Gasteiger partial charge < -0.3 is 14.6 Å². The first-order valence-electron chi connectivity index (χ1n) is 7.70. The number of hydrogen-bond acceptors (Lipinski definition) is 3. The number of aliphatic hydroxyl groups excluding tert-OH is 1. The zero-order valence-corrected chi connectivity index (χ0v) is 12.3. The SMILES string of the molecule is COc1ccc2c(c1)[C@H](O)CC(C1CCC(C)CC1)O2. The van der Waals surface area contributed by atoms with E-state index in [4.69, 9.17) is 9.47 Å². The van der Waals surface area contributed by atoms with Crippen LogP contribution in [0.15, 0.2) is 18.2 Å². The molecule has 1 aromatic carbocycles. The maximum absolute atomic E-state index is 10.4. The minimum absolute atomic E-state index is 0.165. The normalized spacial score (nSPS) is 33.1. The van der Waals surface area contributed by atoms with Gasteiger partial charge in [-0.2, -0.15) is 0 Å². The van der Waals surface area contributed by atoms with Crippen LogP contribution in [-0.4, -0.2) is 18.3 Å². The lowest BCUT2D eigenvalue weighted by atomic mass is 9.78. The lowest BCUT2D eigenvalue weighted by Crippen LogP contribution is -2.34. The Hall–Kier alpha value is -1.22. The van der Waals surface area contributed by atoms with Gasteiger partial charge in [-0.15, -0.1) is 0 Å². The van der Waals surface area contributed by atoms with Crippen LogP contribution in [-0.2, 0) is 0 Å². The Bertz CT molecular complexity index is 463. The Labute approximate surface area is 120 Å². The van der Waals surface area contributed by atoms with Crippen LogP contribution in [0.2, 0.25) is 0 Å². The molecule has 0 saturated heterocycles. The second-order valence-corrected chi connectivity index (χ2v) is 6.33. The van der Waals surface area contributed by atoms with Crippen LogP contribution in [0.3, 0.4) is 0 Å². The molecule has 1 fully saturated rings. The average Bonchev–Trinajstić information content (AvgIpc) is 2.47. The minimum atomic E-state index is -0.432. The number of aliphatic hydroxyl groups is 1. The predicted molar refractivity (Wildman–Crippen MR) is 78.1 cm³/mol. The lowest BCUT2D eigenvalue weighted by Gasteiger charge is -2.37. The van der Waals surface area contributed by atoms with E-state index in [0.29, 0.717) is 12.3 Å². The third kappa shape index (κ3) is 2.64. The highest BCUT2D eigenvalue weighted by Gasteiger charge is 2.34. The van der Waals surface area contributed by atoms with Gasteiger partial charge in [0, 0.05) is 12.0 Å². The number of ether oxygens (including phenoxy) is 2. The van der Waals surface area contributed by atoms with E-state index >= 15 is 0 Å². The molecule has 0 amide bonds. The van der Waals surface area contributed by atoms with Crippen molar-refractivity contribution in [3.05, 3.63) is 23.8 Å². The fraction of sp³-hybridized carbons (Fsp3) is 0.647. The maximum atomic E-state index is 10.4. The van der Waals surface area contributed by atoms with Crippen molar-refractivity contribution in [3.63, 3.8) is 0 Å². The molecule has 0 bridgehead atoms. The number of hydrogen-bond donors (Lipinski definition) is 1. The van der Waals surface area contributed by atoms with Crippen molar-refractivity contribution in [3.8, 4) is 11.5 Å². The molecule has 110 valence electrons. The van der Waals surface area contributed by atoms with Gasteiger partial charge in [-0.25, -0.2) is 0 Å². The summed E-state index contributed by atoms with van der Waals surface area (Å²) in [6.07, 6.45) is 5.47. The summed E-state index contributed by atoms with van der Waals surface area (Å²) in [4.78, 5) is 0. The number of benzene rings is 1. The Morgan fingerprint density at radius 3 is 2.65 bits per heavy atom. The Morgan fingerprint density at radius 2 is 1.95 bits per heavy atom. The summed E-state index contributed by atoms with van der Waals surface area (Å²) in [6.45, 7) is 2.33. The maximum Gasteiger partial charge on any atom is 0.125 e. The number of rotatable bonds is 2. The van der Waals surface area contributed by atoms with Crippen molar-refractivity contribution >= 4 is 0 Å². The Morgan fingerprint density at radius 1 is 1.20 bits per heavy atom. The van der Waals surface area contributed by atoms with Crippen LogP contribution in [0.1, 0.15) is 50.7 Å². The first kappa shape index (κ1) is 13.7. The molecule has 20 heavy (non-hydrogen) atoms. The summed E-state index contributed by atoms with van der Waals surface area (Å²) in [5.41, 5.74) is 0.866. The van der Waals surface area contributed by atoms with Crippen LogP contribution in [0.5, 0.6) is 11.5 Å². The lowest BCUT2D eigenvalue weighted by molar-refractivity contribution is 0.0192. The van der Waals surface area contributed by atoms with Crippen molar-refractivity contribution in [2.75, 3.05) is 7.11 Å². The van der Waals surface area contributed by atoms with Crippen molar-refractivity contribution in [1.82, 2.24) is 0 Å². The van der Waals surface area contributed by atoms with E-state index in [-0.39, 0.29) is 6.10 Å². The van der Waals surface area contributed by atoms with Crippen LogP contribution in [0, 0.1) is 11.8 Å². The third-order valence-electron chi connectivity index (χ3n) is 4.90. The summed E-state index contributed by atoms with van der Waals surface area (Å²) < 4.78 is 11.4. The summed E-state index contributed by atoms with van der Waals surface area (Å²) >= 11 is 0. The first-order valence-corrected chi connectivity index (χ1v) is 7.70. The Balaban J connectivity index is 1.75. The van der Waals surface area contributed by atoms with Gasteiger partial charge in [0.2, 0.25) is 0 Å². The van der Waals surface area contributed by atoms with Gasteiger partial charge >= 0.3 is 0 Å². The van der Waals surface area contributed by atoms with E-state index < -0.39 is 6.10 Å². The molecular formula is C17H24O3. The Kier molecular flexibility index (Phi) is 3.88. The highest BCUT2D eigenvalue weighted by Crippen LogP contribution is 2.42. The molecule has 1 heterocycles. The van der Waals surface area contributed by atoms with Gasteiger partial charge in [0.25, 0.3) is 0 Å². The van der Waals surface area contributed by atoms with E-state index in [2.05, 4.69) is 6.92 Å². The number of methoxy groups -OCH3 is 1. The van der Waals surface area contributed by atoms with E-state index in [9.17, 15) is 5.11 Å². The average molecular weight is 276 g/mol. The van der Waals surface area contributed by atoms with E-state index in [0.717, 1.165) is 23.0 Å². The van der Waals surface area contributed by atoms with Gasteiger partial charge in [0.15, 0.2) is 0 Å². The molecule has 1 aliphatic carbocycles. The molecule has 2 aliphatic rings. The van der Waals surface area contributed by atoms with Gasteiger partial charge in [0.1, 0.15) is 17.6 Å². The quantitative estimate of drug-likeness (QED) is 0.895. The number of fused-ring (bicyclic) bond motifs is 1. The third-order valence-corrected chi connectivity index (χ3v) is 4.90. The molecule has 3 nitrogen and oxygen atoms in total. The van der Waals surface area contributed by atoms with Crippen LogP contribution in [0.4, 0.5) is 0 Å².